The molecule has 64 heavy (non-hydrogen) atoms. The van der Waals surface area contributed by atoms with Gasteiger partial charge in [-0.25, -0.2) is 4.79 Å². The number of allylic oxidation sites excluding steroid dienone is 2. The first-order valence-corrected chi connectivity index (χ1v) is 20.6. The fourth-order valence-electron chi connectivity index (χ4n) is 9.04. The summed E-state index contributed by atoms with van der Waals surface area (Å²) in [5.74, 6) is -2.20. The molecule has 0 spiro atoms. The second-order valence-electron chi connectivity index (χ2n) is 17.2. The molecule has 1 saturated carbocycles. The van der Waals surface area contributed by atoms with Crippen LogP contribution in [0.1, 0.15) is 40.0 Å². The molecule has 2 bridgehead atoms. The summed E-state index contributed by atoms with van der Waals surface area (Å²) in [5.41, 5.74) is -3.45. The number of benzene rings is 2. The van der Waals surface area contributed by atoms with Crippen LogP contribution in [0.25, 0.3) is 22.3 Å². The Morgan fingerprint density at radius 2 is 1.52 bits per heavy atom. The van der Waals surface area contributed by atoms with Crippen molar-refractivity contribution in [3.05, 3.63) is 70.4 Å². The summed E-state index contributed by atoms with van der Waals surface area (Å²) >= 11 is 0. The van der Waals surface area contributed by atoms with Crippen molar-refractivity contribution in [1.82, 2.24) is 0 Å². The van der Waals surface area contributed by atoms with Crippen LogP contribution in [0, 0.1) is 5.41 Å². The van der Waals surface area contributed by atoms with Gasteiger partial charge in [0.2, 0.25) is 23.8 Å². The number of rotatable bonds is 13. The number of phenols is 1. The number of carbonyl (C=O) groups is 1. The van der Waals surface area contributed by atoms with Crippen molar-refractivity contribution in [3.63, 3.8) is 0 Å². The number of methoxy groups -OCH3 is 1. The van der Waals surface area contributed by atoms with Crippen molar-refractivity contribution in [1.29, 1.82) is 0 Å². The molecule has 4 heterocycles. The van der Waals surface area contributed by atoms with E-state index in [1.165, 1.54) is 37.4 Å². The van der Waals surface area contributed by atoms with Crippen LogP contribution in [0.4, 0.5) is 0 Å². The normalized spacial score (nSPS) is 36.6. The quantitative estimate of drug-likeness (QED) is 0.0596. The van der Waals surface area contributed by atoms with Gasteiger partial charge in [0.1, 0.15) is 70.4 Å². The van der Waals surface area contributed by atoms with E-state index in [9.17, 15) is 60.7 Å². The Kier molecular flexibility index (Phi) is 13.5. The average molecular weight is 903 g/mol. The van der Waals surface area contributed by atoms with Gasteiger partial charge in [-0.1, -0.05) is 19.1 Å². The Morgan fingerprint density at radius 1 is 0.859 bits per heavy atom. The lowest BCUT2D eigenvalue weighted by atomic mass is 9.58. The maximum absolute atomic E-state index is 14.0. The van der Waals surface area contributed by atoms with Crippen molar-refractivity contribution >= 4 is 16.9 Å². The van der Waals surface area contributed by atoms with Crippen molar-refractivity contribution in [2.45, 2.75) is 119 Å². The topological polar surface area (TPSA) is 314 Å². The van der Waals surface area contributed by atoms with Gasteiger partial charge in [-0.15, -0.1) is 0 Å². The number of fused-ring (bicyclic) bond motifs is 3. The van der Waals surface area contributed by atoms with Crippen molar-refractivity contribution < 1.29 is 93.4 Å². The van der Waals surface area contributed by atoms with E-state index in [-0.39, 0.29) is 53.2 Å². The SMILES string of the molecule is COc1cc(O)c2c(=O)c(O[C@@H]3O[C@H](CO)[C@@H](O)[C@H](O)[C@H]3O)c(-c3ccc(O[C@@H]4O[C@H](CO)[C@@H](O)[C@H](OC(=O)/C=C(C)\C=C\C[C@]5(O)[C@@]6(C)CO[C@]5(C)C[C@@H](O)C6)[C@H]4O)cc3)oc2c1. The second-order valence-corrected chi connectivity index (χ2v) is 17.2. The molecular formula is C44H54O20. The molecule has 3 saturated heterocycles. The molecule has 1 aromatic heterocycles. The van der Waals surface area contributed by atoms with E-state index in [1.807, 2.05) is 6.92 Å². The predicted molar refractivity (Wildman–Crippen MR) is 219 cm³/mol. The standard InChI is InChI=1S/C44H54O20/c1-20(6-5-11-44(56)42(2)15-22(47)16-43(44,3)58-19-42)12-29(49)63-38-32(51)28(18-46)62-41(36(38)55)59-23-9-7-21(8-10-23)37-39(64-40-35(54)34(53)31(50)27(17-45)61-40)33(52)30-25(48)13-24(57-4)14-26(30)60-37/h5-10,12-14,22,27-28,31-32,34-36,38,40-41,45-48,50-51,53-56H,11,15-19H2,1-4H3/b6-5+,20-12-/t22-,27+,28+,31+,32+,34-,35+,36+,38-,40-,41+,42+,43+,44-/m0/s1. The summed E-state index contributed by atoms with van der Waals surface area (Å²) in [4.78, 5) is 27.1. The molecule has 14 atom stereocenters. The summed E-state index contributed by atoms with van der Waals surface area (Å²) in [5, 5.41) is 106. The number of aromatic hydroxyl groups is 1. The monoisotopic (exact) mass is 902 g/mol. The summed E-state index contributed by atoms with van der Waals surface area (Å²) in [7, 11) is 1.33. The Balaban J connectivity index is 1.08. The van der Waals surface area contributed by atoms with Crippen LogP contribution in [-0.4, -0.2) is 163 Å². The fraction of sp³-hybridized carbons (Fsp3) is 0.545. The van der Waals surface area contributed by atoms with Crippen LogP contribution >= 0.6 is 0 Å². The Bertz CT molecular complexity index is 2270. The van der Waals surface area contributed by atoms with Crippen LogP contribution in [-0.2, 0) is 23.7 Å². The summed E-state index contributed by atoms with van der Waals surface area (Å²) in [6.07, 6.45) is -12.1. The highest BCUT2D eigenvalue weighted by Crippen LogP contribution is 2.58. The van der Waals surface area contributed by atoms with Crippen molar-refractivity contribution in [2.24, 2.45) is 5.41 Å². The number of hydrogen-bond donors (Lipinski definition) is 10. The molecule has 2 aromatic carbocycles. The van der Waals surface area contributed by atoms with Crippen LogP contribution in [0.3, 0.4) is 0 Å². The number of aliphatic hydroxyl groups excluding tert-OH is 8. The lowest BCUT2D eigenvalue weighted by Crippen LogP contribution is -2.61. The maximum Gasteiger partial charge on any atom is 0.331 e. The molecule has 20 nitrogen and oxygen atoms in total. The van der Waals surface area contributed by atoms with E-state index in [1.54, 1.807) is 26.0 Å². The molecule has 0 radical (unpaired) electrons. The van der Waals surface area contributed by atoms with Gasteiger partial charge in [-0.3, -0.25) is 4.79 Å². The Hall–Kier alpha value is -4.68. The zero-order chi connectivity index (χ0) is 46.5. The van der Waals surface area contributed by atoms with Crippen LogP contribution in [0.5, 0.6) is 23.0 Å². The van der Waals surface area contributed by atoms with Gasteiger partial charge in [0.25, 0.3) is 0 Å². The van der Waals surface area contributed by atoms with Gasteiger partial charge < -0.3 is 88.6 Å². The molecule has 20 heteroatoms. The average Bonchev–Trinajstić information content (AvgIpc) is 3.33. The van der Waals surface area contributed by atoms with Gasteiger partial charge in [-0.05, 0) is 56.5 Å². The minimum Gasteiger partial charge on any atom is -0.507 e. The van der Waals surface area contributed by atoms with E-state index in [2.05, 4.69) is 0 Å². The molecule has 350 valence electrons. The number of phenolic OH excluding ortho intramolecular Hbond substituents is 1. The Labute approximate surface area is 365 Å². The number of hydrogen-bond acceptors (Lipinski definition) is 20. The second kappa shape index (κ2) is 18.3. The molecular weight excluding hydrogens is 848 g/mol. The molecule has 10 N–H and O–H groups in total. The lowest BCUT2D eigenvalue weighted by Gasteiger charge is -2.50. The minimum atomic E-state index is -1.91. The fourth-order valence-corrected chi connectivity index (χ4v) is 9.04. The number of esters is 1. The first-order valence-electron chi connectivity index (χ1n) is 20.6. The van der Waals surface area contributed by atoms with Gasteiger partial charge in [0.15, 0.2) is 18.0 Å². The van der Waals surface area contributed by atoms with Gasteiger partial charge in [0, 0.05) is 35.6 Å². The molecule has 0 amide bonds. The van der Waals surface area contributed by atoms with Gasteiger partial charge in [0.05, 0.1) is 38.6 Å². The van der Waals surface area contributed by atoms with Gasteiger partial charge >= 0.3 is 5.97 Å². The highest BCUT2D eigenvalue weighted by Gasteiger charge is 2.67. The largest absolute Gasteiger partial charge is 0.507 e. The summed E-state index contributed by atoms with van der Waals surface area (Å²) < 4.78 is 45.5. The molecule has 3 aliphatic heterocycles. The first-order chi connectivity index (χ1) is 30.3. The third kappa shape index (κ3) is 8.61. The zero-order valence-electron chi connectivity index (χ0n) is 35.3. The van der Waals surface area contributed by atoms with Crippen LogP contribution in [0.15, 0.2) is 69.4 Å². The van der Waals surface area contributed by atoms with E-state index in [0.717, 1.165) is 12.1 Å². The van der Waals surface area contributed by atoms with E-state index >= 15 is 0 Å². The number of carbonyl (C=O) groups excluding carboxylic acids is 1. The lowest BCUT2D eigenvalue weighted by molar-refractivity contribution is -0.280. The number of ether oxygens (including phenoxy) is 7. The van der Waals surface area contributed by atoms with Crippen molar-refractivity contribution in [3.8, 4) is 34.3 Å². The highest BCUT2D eigenvalue weighted by atomic mass is 16.7. The molecule has 1 aliphatic carbocycles. The summed E-state index contributed by atoms with van der Waals surface area (Å²) in [6.45, 7) is 4.00. The third-order valence-electron chi connectivity index (χ3n) is 12.7. The third-order valence-corrected chi connectivity index (χ3v) is 12.7. The zero-order valence-corrected chi connectivity index (χ0v) is 35.3. The van der Waals surface area contributed by atoms with Crippen LogP contribution in [0.2, 0.25) is 0 Å². The Morgan fingerprint density at radius 3 is 2.16 bits per heavy atom. The predicted octanol–water partition coefficient (Wildman–Crippen LogP) is -0.344. The van der Waals surface area contributed by atoms with Crippen LogP contribution < -0.4 is 19.6 Å². The first kappa shape index (κ1) is 47.3. The highest BCUT2D eigenvalue weighted by molar-refractivity contribution is 5.88. The summed E-state index contributed by atoms with van der Waals surface area (Å²) in [6, 6.07) is 7.99. The molecule has 4 fully saturated rings. The van der Waals surface area contributed by atoms with E-state index < -0.39 is 120 Å². The van der Waals surface area contributed by atoms with Gasteiger partial charge in [-0.2, -0.15) is 0 Å². The maximum atomic E-state index is 14.0. The minimum absolute atomic E-state index is 0.0290. The molecule has 3 aromatic rings. The molecule has 0 unspecified atom stereocenters. The van der Waals surface area contributed by atoms with E-state index in [4.69, 9.17) is 37.6 Å². The van der Waals surface area contributed by atoms with E-state index in [0.29, 0.717) is 12.0 Å². The van der Waals surface area contributed by atoms with Crippen molar-refractivity contribution in [2.75, 3.05) is 26.9 Å². The number of aliphatic hydroxyl groups is 9. The molecule has 4 aliphatic rings. The smallest absolute Gasteiger partial charge is 0.331 e. The molecule has 7 rings (SSSR count).